The summed E-state index contributed by atoms with van der Waals surface area (Å²) in [6.07, 6.45) is 0. The van der Waals surface area contributed by atoms with Gasteiger partial charge in [0.15, 0.2) is 8.32 Å². The van der Waals surface area contributed by atoms with Crippen LogP contribution in [-0.2, 0) is 15.5 Å². The minimum atomic E-state index is -1.63. The molecule has 1 rings (SSSR count). The van der Waals surface area contributed by atoms with Gasteiger partial charge in [-0.3, -0.25) is 0 Å². The van der Waals surface area contributed by atoms with E-state index in [4.69, 9.17) is 4.43 Å². The minimum absolute atomic E-state index is 0.284. The van der Waals surface area contributed by atoms with Crippen LogP contribution in [-0.4, -0.2) is 8.32 Å². The van der Waals surface area contributed by atoms with Gasteiger partial charge in [-0.05, 0) is 29.3 Å². The van der Waals surface area contributed by atoms with E-state index in [1.807, 2.05) is 0 Å². The Morgan fingerprint density at radius 3 is 2.12 bits per heavy atom. The molecule has 0 aliphatic rings. The fourth-order valence-electron chi connectivity index (χ4n) is 1.30. The molecule has 0 radical (unpaired) electrons. The number of alkyl halides is 1. The highest BCUT2D eigenvalue weighted by Gasteiger charge is 2.37. The molecule has 0 N–H and O–H groups in total. The van der Waals surface area contributed by atoms with Crippen LogP contribution < -0.4 is 0 Å². The van der Waals surface area contributed by atoms with Crippen molar-refractivity contribution in [2.45, 2.75) is 49.9 Å². The number of rotatable bonds is 4. The maximum absolute atomic E-state index is 6.26. The summed E-state index contributed by atoms with van der Waals surface area (Å²) >= 11 is 2.41. The van der Waals surface area contributed by atoms with Crippen LogP contribution in [0.4, 0.5) is 0 Å². The fraction of sp³-hybridized carbons (Fsp3) is 0.571. The molecule has 0 aliphatic heterocycles. The Morgan fingerprint density at radius 2 is 1.65 bits per heavy atom. The van der Waals surface area contributed by atoms with E-state index in [0.29, 0.717) is 0 Å². The molecule has 0 atom stereocenters. The van der Waals surface area contributed by atoms with Crippen LogP contribution in [0.5, 0.6) is 0 Å². The van der Waals surface area contributed by atoms with Gasteiger partial charge < -0.3 is 4.43 Å². The first kappa shape index (κ1) is 15.2. The van der Waals surface area contributed by atoms with Crippen molar-refractivity contribution in [2.75, 3.05) is 0 Å². The zero-order valence-corrected chi connectivity index (χ0v) is 14.7. The van der Waals surface area contributed by atoms with E-state index >= 15 is 0 Å². The van der Waals surface area contributed by atoms with Crippen LogP contribution in [0, 0.1) is 0 Å². The molecule has 0 spiro atoms. The average Bonchev–Trinajstić information content (AvgIpc) is 2.25. The van der Waals surface area contributed by atoms with E-state index in [-0.39, 0.29) is 5.04 Å². The molecule has 96 valence electrons. The lowest BCUT2D eigenvalue weighted by atomic mass is 10.1. The summed E-state index contributed by atoms with van der Waals surface area (Å²) < 4.78 is 7.31. The second-order valence-corrected chi connectivity index (χ2v) is 11.5. The summed E-state index contributed by atoms with van der Waals surface area (Å²) in [6.45, 7) is 12.2. The highest BCUT2D eigenvalue weighted by Crippen LogP contribution is 2.37. The second-order valence-electron chi connectivity index (χ2n) is 5.95. The van der Waals surface area contributed by atoms with E-state index in [1.54, 1.807) is 0 Å². The lowest BCUT2D eigenvalue weighted by molar-refractivity contribution is 0.275. The Morgan fingerprint density at radius 1 is 1.12 bits per heavy atom. The first-order valence-electron chi connectivity index (χ1n) is 6.04. The molecule has 0 fully saturated rings. The van der Waals surface area contributed by atoms with E-state index in [2.05, 4.69) is 80.7 Å². The summed E-state index contributed by atoms with van der Waals surface area (Å²) in [7, 11) is -1.63. The van der Waals surface area contributed by atoms with E-state index in [9.17, 15) is 0 Å². The number of benzene rings is 1. The molecule has 0 heterocycles. The Kier molecular flexibility index (Phi) is 5.22. The van der Waals surface area contributed by atoms with Crippen molar-refractivity contribution >= 4 is 30.9 Å². The second kappa shape index (κ2) is 5.84. The van der Waals surface area contributed by atoms with Gasteiger partial charge in [-0.1, -0.05) is 67.6 Å². The third-order valence-corrected chi connectivity index (χ3v) is 8.96. The zero-order chi connectivity index (χ0) is 13.1. The molecule has 0 saturated carbocycles. The molecule has 1 aromatic carbocycles. The minimum Gasteiger partial charge on any atom is -0.413 e. The summed E-state index contributed by atoms with van der Waals surface area (Å²) in [5.41, 5.74) is 2.73. The summed E-state index contributed by atoms with van der Waals surface area (Å²) in [4.78, 5) is 0. The Hall–Kier alpha value is 0.127. The molecule has 0 saturated heterocycles. The zero-order valence-electron chi connectivity index (χ0n) is 11.5. The topological polar surface area (TPSA) is 9.23 Å². The Bertz CT molecular complexity index is 369. The van der Waals surface area contributed by atoms with Crippen molar-refractivity contribution in [3.63, 3.8) is 0 Å². The summed E-state index contributed by atoms with van der Waals surface area (Å²) in [5, 5.41) is 0.284. The number of hydrogen-bond donors (Lipinski definition) is 0. The van der Waals surface area contributed by atoms with Gasteiger partial charge in [-0.25, -0.2) is 0 Å². The largest absolute Gasteiger partial charge is 0.413 e. The van der Waals surface area contributed by atoms with Crippen LogP contribution >= 0.6 is 22.6 Å². The first-order valence-corrected chi connectivity index (χ1v) is 10.5. The van der Waals surface area contributed by atoms with Gasteiger partial charge in [0.25, 0.3) is 0 Å². The molecule has 3 heteroatoms. The van der Waals surface area contributed by atoms with Crippen molar-refractivity contribution in [1.82, 2.24) is 0 Å². The number of halogens is 1. The SMILES string of the molecule is CC(C)(C)[Si](C)(C)OCc1ccccc1CI. The molecular weight excluding hydrogens is 339 g/mol. The fourth-order valence-corrected chi connectivity index (χ4v) is 3.00. The third kappa shape index (κ3) is 4.07. The van der Waals surface area contributed by atoms with Crippen LogP contribution in [0.25, 0.3) is 0 Å². The highest BCUT2D eigenvalue weighted by atomic mass is 127. The van der Waals surface area contributed by atoms with Gasteiger partial charge in [-0.2, -0.15) is 0 Å². The Balaban J connectivity index is 2.74. The molecule has 17 heavy (non-hydrogen) atoms. The maximum atomic E-state index is 6.26. The first-order chi connectivity index (χ1) is 7.78. The predicted molar refractivity (Wildman–Crippen MR) is 86.2 cm³/mol. The molecule has 0 amide bonds. The van der Waals surface area contributed by atoms with Crippen molar-refractivity contribution in [3.05, 3.63) is 35.4 Å². The van der Waals surface area contributed by atoms with E-state index in [1.165, 1.54) is 11.1 Å². The smallest absolute Gasteiger partial charge is 0.192 e. The van der Waals surface area contributed by atoms with Crippen molar-refractivity contribution < 1.29 is 4.43 Å². The lowest BCUT2D eigenvalue weighted by Gasteiger charge is -2.36. The quantitative estimate of drug-likeness (QED) is 0.409. The molecule has 1 aromatic rings. The van der Waals surface area contributed by atoms with Gasteiger partial charge in [0.1, 0.15) is 0 Å². The summed E-state index contributed by atoms with van der Waals surface area (Å²) in [5.74, 6) is 0. The van der Waals surface area contributed by atoms with Gasteiger partial charge >= 0.3 is 0 Å². The Labute approximate surface area is 120 Å². The van der Waals surface area contributed by atoms with Crippen LogP contribution in [0.1, 0.15) is 31.9 Å². The van der Waals surface area contributed by atoms with E-state index in [0.717, 1.165) is 11.0 Å². The number of hydrogen-bond acceptors (Lipinski definition) is 1. The normalized spacial score (nSPS) is 12.8. The monoisotopic (exact) mass is 362 g/mol. The molecule has 1 nitrogen and oxygen atoms in total. The molecule has 0 aliphatic carbocycles. The molecule has 0 aromatic heterocycles. The van der Waals surface area contributed by atoms with Crippen molar-refractivity contribution in [3.8, 4) is 0 Å². The third-order valence-electron chi connectivity index (χ3n) is 3.66. The molecule has 0 unspecified atom stereocenters. The van der Waals surface area contributed by atoms with Gasteiger partial charge in [0, 0.05) is 4.43 Å². The van der Waals surface area contributed by atoms with Crippen LogP contribution in [0.3, 0.4) is 0 Å². The van der Waals surface area contributed by atoms with E-state index < -0.39 is 8.32 Å². The van der Waals surface area contributed by atoms with Gasteiger partial charge in [-0.15, -0.1) is 0 Å². The molecular formula is C14H23IOSi. The van der Waals surface area contributed by atoms with Gasteiger partial charge in [0.05, 0.1) is 6.61 Å². The highest BCUT2D eigenvalue weighted by molar-refractivity contribution is 14.1. The standard InChI is InChI=1S/C14H23IOSi/c1-14(2,3)17(4,5)16-11-13-9-7-6-8-12(13)10-15/h6-9H,10-11H2,1-5H3. The van der Waals surface area contributed by atoms with Crippen LogP contribution in [0.15, 0.2) is 24.3 Å². The van der Waals surface area contributed by atoms with Gasteiger partial charge in [0.2, 0.25) is 0 Å². The maximum Gasteiger partial charge on any atom is 0.192 e. The van der Waals surface area contributed by atoms with Crippen molar-refractivity contribution in [1.29, 1.82) is 0 Å². The predicted octanol–water partition coefficient (Wildman–Crippen LogP) is 5.14. The van der Waals surface area contributed by atoms with Crippen LogP contribution in [0.2, 0.25) is 18.1 Å². The van der Waals surface area contributed by atoms with Crippen molar-refractivity contribution in [2.24, 2.45) is 0 Å². The molecule has 0 bridgehead atoms. The lowest BCUT2D eigenvalue weighted by Crippen LogP contribution is -2.40. The average molecular weight is 362 g/mol. The summed E-state index contributed by atoms with van der Waals surface area (Å²) in [6, 6.07) is 8.57.